The van der Waals surface area contributed by atoms with Gasteiger partial charge < -0.3 is 9.64 Å². The molecule has 2 atom stereocenters. The van der Waals surface area contributed by atoms with Gasteiger partial charge in [-0.25, -0.2) is 0 Å². The maximum Gasteiger partial charge on any atom is 0.120 e. The predicted molar refractivity (Wildman–Crippen MR) is 82.8 cm³/mol. The molecule has 3 heteroatoms. The number of halogens is 1. The Hall–Kier alpha value is -0.540. The minimum absolute atomic E-state index is 0.833. The second-order valence-corrected chi connectivity index (χ2v) is 6.63. The fourth-order valence-electron chi connectivity index (χ4n) is 2.85. The lowest BCUT2D eigenvalue weighted by atomic mass is 10.0. The van der Waals surface area contributed by atoms with Crippen molar-refractivity contribution in [1.82, 2.24) is 0 Å². The van der Waals surface area contributed by atoms with Crippen LogP contribution in [0.5, 0.6) is 5.75 Å². The lowest BCUT2D eigenvalue weighted by Gasteiger charge is -2.27. The van der Waals surface area contributed by atoms with Gasteiger partial charge in [-0.2, -0.15) is 0 Å². The number of likely N-dealkylation sites (tertiary alicyclic amines) is 1. The smallest absolute Gasteiger partial charge is 0.120 e. The summed E-state index contributed by atoms with van der Waals surface area (Å²) in [5.41, 5.74) is 0. The zero-order valence-corrected chi connectivity index (χ0v) is 13.4. The van der Waals surface area contributed by atoms with Gasteiger partial charge in [0.05, 0.1) is 26.2 Å². The van der Waals surface area contributed by atoms with Gasteiger partial charge in [0.25, 0.3) is 0 Å². The van der Waals surface area contributed by atoms with Crippen molar-refractivity contribution < 1.29 is 9.64 Å². The molecule has 106 valence electrons. The van der Waals surface area contributed by atoms with E-state index in [9.17, 15) is 0 Å². The molecule has 0 bridgehead atoms. The van der Waals surface area contributed by atoms with Crippen LogP contribution in [0.25, 0.3) is 0 Å². The summed E-state index contributed by atoms with van der Waals surface area (Å²) in [7, 11) is 0. The summed E-state index contributed by atoms with van der Waals surface area (Å²) in [6.07, 6.45) is 5.26. The summed E-state index contributed by atoms with van der Waals surface area (Å²) in [5, 5.41) is 0. The summed E-state index contributed by atoms with van der Waals surface area (Å²) in [6, 6.07) is 8.08. The SMILES string of the molecule is C[C@H]1CCC[NH+](CCCCOc2cccc(Br)c2)C1. The average Bonchev–Trinajstić information content (AvgIpc) is 2.38. The molecule has 0 amide bonds. The largest absolute Gasteiger partial charge is 0.494 e. The third-order valence-electron chi connectivity index (χ3n) is 3.85. The van der Waals surface area contributed by atoms with Gasteiger partial charge in [-0.15, -0.1) is 0 Å². The van der Waals surface area contributed by atoms with Gasteiger partial charge in [-0.05, 0) is 43.9 Å². The fraction of sp³-hybridized carbons (Fsp3) is 0.625. The Balaban J connectivity index is 1.57. The molecular weight excluding hydrogens is 302 g/mol. The summed E-state index contributed by atoms with van der Waals surface area (Å²) >= 11 is 3.46. The van der Waals surface area contributed by atoms with Crippen molar-refractivity contribution in [3.8, 4) is 5.75 Å². The van der Waals surface area contributed by atoms with Crippen LogP contribution in [0.3, 0.4) is 0 Å². The van der Waals surface area contributed by atoms with Crippen LogP contribution in [0, 0.1) is 5.92 Å². The molecule has 0 spiro atoms. The van der Waals surface area contributed by atoms with Crippen molar-refractivity contribution in [2.24, 2.45) is 5.92 Å². The molecular formula is C16H25BrNO+. The second kappa shape index (κ2) is 7.91. The van der Waals surface area contributed by atoms with Crippen LogP contribution in [0.15, 0.2) is 28.7 Å². The number of rotatable bonds is 6. The van der Waals surface area contributed by atoms with Crippen LogP contribution < -0.4 is 9.64 Å². The monoisotopic (exact) mass is 326 g/mol. The lowest BCUT2D eigenvalue weighted by molar-refractivity contribution is -0.908. The number of ether oxygens (including phenoxy) is 1. The molecule has 1 N–H and O–H groups in total. The number of nitrogens with one attached hydrogen (secondary N) is 1. The van der Waals surface area contributed by atoms with Crippen molar-refractivity contribution in [3.63, 3.8) is 0 Å². The molecule has 1 unspecified atom stereocenters. The van der Waals surface area contributed by atoms with Gasteiger partial charge in [0.2, 0.25) is 0 Å². The zero-order chi connectivity index (χ0) is 13.5. The molecule has 1 aromatic carbocycles. The Morgan fingerprint density at radius 3 is 3.05 bits per heavy atom. The first-order valence-corrected chi connectivity index (χ1v) is 8.25. The third kappa shape index (κ3) is 5.53. The quantitative estimate of drug-likeness (QED) is 0.793. The minimum atomic E-state index is 0.833. The predicted octanol–water partition coefficient (Wildman–Crippen LogP) is 2.92. The highest BCUT2D eigenvalue weighted by Crippen LogP contribution is 2.17. The molecule has 2 rings (SSSR count). The van der Waals surface area contributed by atoms with Crippen LogP contribution in [0.1, 0.15) is 32.6 Å². The summed E-state index contributed by atoms with van der Waals surface area (Å²) in [6.45, 7) is 7.27. The highest BCUT2D eigenvalue weighted by Gasteiger charge is 2.18. The summed E-state index contributed by atoms with van der Waals surface area (Å²) < 4.78 is 6.84. The molecule has 1 aliphatic rings. The van der Waals surface area contributed by atoms with Crippen molar-refractivity contribution in [1.29, 1.82) is 0 Å². The van der Waals surface area contributed by atoms with Crippen LogP contribution >= 0.6 is 15.9 Å². The Labute approximate surface area is 125 Å². The van der Waals surface area contributed by atoms with Crippen LogP contribution in [0.2, 0.25) is 0 Å². The van der Waals surface area contributed by atoms with Crippen molar-refractivity contribution >= 4 is 15.9 Å². The maximum absolute atomic E-state index is 5.76. The number of piperidine rings is 1. The van der Waals surface area contributed by atoms with Crippen LogP contribution in [-0.2, 0) is 0 Å². The van der Waals surface area contributed by atoms with E-state index in [1.54, 1.807) is 4.90 Å². The number of quaternary nitrogens is 1. The van der Waals surface area contributed by atoms with Gasteiger partial charge in [0.1, 0.15) is 5.75 Å². The van der Waals surface area contributed by atoms with Gasteiger partial charge in [-0.1, -0.05) is 28.9 Å². The van der Waals surface area contributed by atoms with Gasteiger partial charge in [0, 0.05) is 10.4 Å². The van der Waals surface area contributed by atoms with E-state index in [4.69, 9.17) is 4.74 Å². The molecule has 1 fully saturated rings. The first-order valence-electron chi connectivity index (χ1n) is 7.46. The molecule has 19 heavy (non-hydrogen) atoms. The molecule has 1 heterocycles. The van der Waals surface area contributed by atoms with Crippen molar-refractivity contribution in [2.45, 2.75) is 32.6 Å². The molecule has 1 saturated heterocycles. The van der Waals surface area contributed by atoms with Crippen LogP contribution in [0.4, 0.5) is 0 Å². The average molecular weight is 327 g/mol. The van der Waals surface area contributed by atoms with E-state index >= 15 is 0 Å². The van der Waals surface area contributed by atoms with Crippen molar-refractivity contribution in [2.75, 3.05) is 26.2 Å². The molecule has 0 radical (unpaired) electrons. The van der Waals surface area contributed by atoms with E-state index in [1.807, 2.05) is 24.3 Å². The third-order valence-corrected chi connectivity index (χ3v) is 4.35. The molecule has 1 aliphatic heterocycles. The normalized spacial score (nSPS) is 23.3. The molecule has 1 aromatic rings. The number of unbranched alkanes of at least 4 members (excludes halogenated alkanes) is 1. The second-order valence-electron chi connectivity index (χ2n) is 5.71. The minimum Gasteiger partial charge on any atom is -0.494 e. The summed E-state index contributed by atoms with van der Waals surface area (Å²) in [4.78, 5) is 1.79. The van der Waals surface area contributed by atoms with Gasteiger partial charge in [-0.3, -0.25) is 0 Å². The maximum atomic E-state index is 5.76. The van der Waals surface area contributed by atoms with E-state index in [0.717, 1.165) is 29.2 Å². The topological polar surface area (TPSA) is 13.7 Å². The number of benzene rings is 1. The molecule has 0 aromatic heterocycles. The Morgan fingerprint density at radius 2 is 2.26 bits per heavy atom. The fourth-order valence-corrected chi connectivity index (χ4v) is 3.23. The first-order chi connectivity index (χ1) is 9.24. The number of hydrogen-bond donors (Lipinski definition) is 1. The Morgan fingerprint density at radius 1 is 1.37 bits per heavy atom. The lowest BCUT2D eigenvalue weighted by Crippen LogP contribution is -3.13. The summed E-state index contributed by atoms with van der Waals surface area (Å²) in [5.74, 6) is 1.88. The highest BCUT2D eigenvalue weighted by molar-refractivity contribution is 9.10. The number of hydrogen-bond acceptors (Lipinski definition) is 1. The van der Waals surface area contributed by atoms with E-state index in [2.05, 4.69) is 22.9 Å². The molecule has 2 nitrogen and oxygen atoms in total. The zero-order valence-electron chi connectivity index (χ0n) is 11.8. The Bertz CT molecular complexity index is 383. The molecule has 0 saturated carbocycles. The van der Waals surface area contributed by atoms with Crippen molar-refractivity contribution in [3.05, 3.63) is 28.7 Å². The highest BCUT2D eigenvalue weighted by atomic mass is 79.9. The van der Waals surface area contributed by atoms with Crippen LogP contribution in [-0.4, -0.2) is 26.2 Å². The van der Waals surface area contributed by atoms with E-state index in [1.165, 1.54) is 38.9 Å². The van der Waals surface area contributed by atoms with E-state index < -0.39 is 0 Å². The Kier molecular flexibility index (Phi) is 6.18. The van der Waals surface area contributed by atoms with E-state index in [0.29, 0.717) is 0 Å². The first kappa shape index (κ1) is 14.9. The standard InChI is InChI=1S/C16H24BrNO/c1-14-6-5-10-18(13-14)9-2-3-11-19-16-8-4-7-15(17)12-16/h4,7-8,12,14H,2-3,5-6,9-11,13H2,1H3/p+1/t14-/m0/s1. The van der Waals surface area contributed by atoms with Gasteiger partial charge in [0.15, 0.2) is 0 Å². The van der Waals surface area contributed by atoms with E-state index in [-0.39, 0.29) is 0 Å². The van der Waals surface area contributed by atoms with Gasteiger partial charge >= 0.3 is 0 Å². The molecule has 0 aliphatic carbocycles.